The van der Waals surface area contributed by atoms with Crippen LogP contribution in [0.2, 0.25) is 0 Å². The summed E-state index contributed by atoms with van der Waals surface area (Å²) in [6, 6.07) is 8.25. The summed E-state index contributed by atoms with van der Waals surface area (Å²) in [5.41, 5.74) is 1.17. The lowest BCUT2D eigenvalue weighted by molar-refractivity contribution is -0.00682. The van der Waals surface area contributed by atoms with Gasteiger partial charge in [0.25, 0.3) is 0 Å². The van der Waals surface area contributed by atoms with Gasteiger partial charge < -0.3 is 19.5 Å². The Morgan fingerprint density at radius 2 is 2.00 bits per heavy atom. The zero-order valence-corrected chi connectivity index (χ0v) is 14.5. The summed E-state index contributed by atoms with van der Waals surface area (Å²) < 4.78 is 17.4. The van der Waals surface area contributed by atoms with Crippen LogP contribution in [-0.4, -0.2) is 46.6 Å². The van der Waals surface area contributed by atoms with Crippen molar-refractivity contribution in [2.45, 2.75) is 19.4 Å². The first kappa shape index (κ1) is 18.6. The third-order valence-electron chi connectivity index (χ3n) is 2.96. The van der Waals surface area contributed by atoms with Crippen LogP contribution in [0.3, 0.4) is 0 Å². The summed E-state index contributed by atoms with van der Waals surface area (Å²) in [6.45, 7) is 6.35. The van der Waals surface area contributed by atoms with E-state index < -0.39 is 0 Å². The molecule has 1 N–H and O–H groups in total. The van der Waals surface area contributed by atoms with E-state index in [-0.39, 0.29) is 6.10 Å². The Hall–Kier alpha value is -0.460. The van der Waals surface area contributed by atoms with E-state index >= 15 is 0 Å². The van der Waals surface area contributed by atoms with Gasteiger partial charge in [0.2, 0.25) is 0 Å². The Morgan fingerprint density at radius 3 is 2.71 bits per heavy atom. The van der Waals surface area contributed by atoms with Crippen molar-refractivity contribution in [3.8, 4) is 0 Å². The standard InChI is InChI=1S/C16H26BrNO3/c1-3-7-18-13-16(14-5-4-6-15(17)12-14)21-11-10-20-9-8-19-2/h4-6,12,16,18H,3,7-11,13H2,1-2H3. The van der Waals surface area contributed by atoms with Gasteiger partial charge in [-0.2, -0.15) is 0 Å². The Balaban J connectivity index is 2.41. The number of methoxy groups -OCH3 is 1. The molecule has 0 saturated heterocycles. The fourth-order valence-corrected chi connectivity index (χ4v) is 2.30. The predicted molar refractivity (Wildman–Crippen MR) is 88.7 cm³/mol. The van der Waals surface area contributed by atoms with E-state index in [1.54, 1.807) is 7.11 Å². The van der Waals surface area contributed by atoms with E-state index in [9.17, 15) is 0 Å². The lowest BCUT2D eigenvalue weighted by atomic mass is 10.1. The molecule has 1 rings (SSSR count). The van der Waals surface area contributed by atoms with Crippen molar-refractivity contribution in [3.63, 3.8) is 0 Å². The predicted octanol–water partition coefficient (Wildman–Crippen LogP) is 3.17. The molecule has 120 valence electrons. The van der Waals surface area contributed by atoms with Crippen LogP contribution >= 0.6 is 15.9 Å². The van der Waals surface area contributed by atoms with Crippen molar-refractivity contribution in [2.24, 2.45) is 0 Å². The second-order valence-electron chi connectivity index (χ2n) is 4.72. The summed E-state index contributed by atoms with van der Waals surface area (Å²) in [5.74, 6) is 0. The Morgan fingerprint density at radius 1 is 1.19 bits per heavy atom. The molecule has 0 fully saturated rings. The second kappa shape index (κ2) is 12.1. The number of hydrogen-bond acceptors (Lipinski definition) is 4. The van der Waals surface area contributed by atoms with Gasteiger partial charge in [-0.05, 0) is 30.7 Å². The van der Waals surface area contributed by atoms with E-state index in [2.05, 4.69) is 40.3 Å². The van der Waals surface area contributed by atoms with Crippen LogP contribution < -0.4 is 5.32 Å². The number of halogens is 1. The van der Waals surface area contributed by atoms with Gasteiger partial charge in [0.15, 0.2) is 0 Å². The average Bonchev–Trinajstić information content (AvgIpc) is 2.49. The normalized spacial score (nSPS) is 12.5. The molecule has 21 heavy (non-hydrogen) atoms. The first-order chi connectivity index (χ1) is 10.3. The molecule has 0 saturated carbocycles. The largest absolute Gasteiger partial charge is 0.382 e. The summed E-state index contributed by atoms with van der Waals surface area (Å²) in [6.07, 6.45) is 1.16. The maximum Gasteiger partial charge on any atom is 0.0950 e. The van der Waals surface area contributed by atoms with Crippen molar-refractivity contribution in [2.75, 3.05) is 46.6 Å². The van der Waals surface area contributed by atoms with Crippen molar-refractivity contribution >= 4 is 15.9 Å². The number of hydrogen-bond donors (Lipinski definition) is 1. The molecule has 0 radical (unpaired) electrons. The summed E-state index contributed by atoms with van der Waals surface area (Å²) in [7, 11) is 1.67. The van der Waals surface area contributed by atoms with Crippen LogP contribution in [-0.2, 0) is 14.2 Å². The SMILES string of the molecule is CCCNCC(OCCOCCOC)c1cccc(Br)c1. The minimum absolute atomic E-state index is 0.0417. The van der Waals surface area contributed by atoms with Gasteiger partial charge in [-0.3, -0.25) is 0 Å². The molecular weight excluding hydrogens is 334 g/mol. The minimum Gasteiger partial charge on any atom is -0.382 e. The van der Waals surface area contributed by atoms with Crippen LogP contribution in [0, 0.1) is 0 Å². The summed E-state index contributed by atoms with van der Waals surface area (Å²) >= 11 is 3.51. The number of ether oxygens (including phenoxy) is 3. The molecule has 0 aliphatic rings. The van der Waals surface area contributed by atoms with Gasteiger partial charge in [-0.1, -0.05) is 35.0 Å². The van der Waals surface area contributed by atoms with E-state index in [0.717, 1.165) is 24.0 Å². The molecular formula is C16H26BrNO3. The van der Waals surface area contributed by atoms with Crippen molar-refractivity contribution < 1.29 is 14.2 Å². The van der Waals surface area contributed by atoms with E-state index in [1.807, 2.05) is 12.1 Å². The maximum atomic E-state index is 5.96. The highest BCUT2D eigenvalue weighted by molar-refractivity contribution is 9.10. The third-order valence-corrected chi connectivity index (χ3v) is 3.45. The van der Waals surface area contributed by atoms with E-state index in [0.29, 0.717) is 26.4 Å². The number of benzene rings is 1. The summed E-state index contributed by atoms with van der Waals surface area (Å²) in [4.78, 5) is 0. The number of rotatable bonds is 12. The van der Waals surface area contributed by atoms with Gasteiger partial charge in [0.1, 0.15) is 0 Å². The molecule has 0 aliphatic heterocycles. The van der Waals surface area contributed by atoms with Gasteiger partial charge in [0.05, 0.1) is 32.5 Å². The van der Waals surface area contributed by atoms with Gasteiger partial charge >= 0.3 is 0 Å². The fraction of sp³-hybridized carbons (Fsp3) is 0.625. The smallest absolute Gasteiger partial charge is 0.0950 e. The molecule has 0 amide bonds. The number of nitrogens with one attached hydrogen (secondary N) is 1. The zero-order valence-electron chi connectivity index (χ0n) is 12.9. The van der Waals surface area contributed by atoms with Crippen LogP contribution in [0.5, 0.6) is 0 Å². The molecule has 0 aliphatic carbocycles. The fourth-order valence-electron chi connectivity index (χ4n) is 1.88. The van der Waals surface area contributed by atoms with Gasteiger partial charge in [-0.25, -0.2) is 0 Å². The molecule has 1 aromatic carbocycles. The average molecular weight is 360 g/mol. The van der Waals surface area contributed by atoms with Crippen molar-refractivity contribution in [3.05, 3.63) is 34.3 Å². The minimum atomic E-state index is 0.0417. The van der Waals surface area contributed by atoms with E-state index in [1.165, 1.54) is 5.56 Å². The maximum absolute atomic E-state index is 5.96. The molecule has 1 atom stereocenters. The van der Waals surface area contributed by atoms with Crippen LogP contribution in [0.25, 0.3) is 0 Å². The Bertz CT molecular complexity index is 376. The topological polar surface area (TPSA) is 39.7 Å². The highest BCUT2D eigenvalue weighted by Gasteiger charge is 2.12. The van der Waals surface area contributed by atoms with Gasteiger partial charge in [-0.15, -0.1) is 0 Å². The molecule has 0 spiro atoms. The molecule has 4 nitrogen and oxygen atoms in total. The quantitative estimate of drug-likeness (QED) is 0.582. The molecule has 5 heteroatoms. The lowest BCUT2D eigenvalue weighted by Crippen LogP contribution is -2.25. The molecule has 0 bridgehead atoms. The van der Waals surface area contributed by atoms with Crippen LogP contribution in [0.15, 0.2) is 28.7 Å². The monoisotopic (exact) mass is 359 g/mol. The second-order valence-corrected chi connectivity index (χ2v) is 5.64. The zero-order chi connectivity index (χ0) is 15.3. The Kier molecular flexibility index (Phi) is 10.7. The van der Waals surface area contributed by atoms with Crippen molar-refractivity contribution in [1.29, 1.82) is 0 Å². The van der Waals surface area contributed by atoms with Gasteiger partial charge in [0, 0.05) is 18.1 Å². The Labute approximate surface area is 136 Å². The van der Waals surface area contributed by atoms with Crippen LogP contribution in [0.4, 0.5) is 0 Å². The van der Waals surface area contributed by atoms with Crippen LogP contribution in [0.1, 0.15) is 25.0 Å². The lowest BCUT2D eigenvalue weighted by Gasteiger charge is -2.19. The molecule has 1 aromatic rings. The first-order valence-corrected chi connectivity index (χ1v) is 8.21. The van der Waals surface area contributed by atoms with E-state index in [4.69, 9.17) is 14.2 Å². The molecule has 1 unspecified atom stereocenters. The third kappa shape index (κ3) is 8.53. The summed E-state index contributed by atoms with van der Waals surface area (Å²) in [5, 5.41) is 3.41. The van der Waals surface area contributed by atoms with Crippen molar-refractivity contribution in [1.82, 2.24) is 5.32 Å². The molecule has 0 heterocycles. The highest BCUT2D eigenvalue weighted by Crippen LogP contribution is 2.20. The first-order valence-electron chi connectivity index (χ1n) is 7.42. The molecule has 0 aromatic heterocycles. The highest BCUT2D eigenvalue weighted by atomic mass is 79.9.